The predicted molar refractivity (Wildman–Crippen MR) is 87.8 cm³/mol. The van der Waals surface area contributed by atoms with Gasteiger partial charge in [0.25, 0.3) is 0 Å². The van der Waals surface area contributed by atoms with Crippen molar-refractivity contribution in [1.82, 2.24) is 0 Å². The van der Waals surface area contributed by atoms with Crippen molar-refractivity contribution in [3.8, 4) is 0 Å². The molecule has 0 heterocycles. The summed E-state index contributed by atoms with van der Waals surface area (Å²) in [5, 5.41) is 0.257. The maximum Gasteiger partial charge on any atom is 0.191 e. The van der Waals surface area contributed by atoms with Crippen molar-refractivity contribution in [3.05, 3.63) is 35.9 Å². The molecule has 0 fully saturated rings. The lowest BCUT2D eigenvalue weighted by molar-refractivity contribution is 0.0977. The summed E-state index contributed by atoms with van der Waals surface area (Å²) in [5.74, 6) is 0.234. The van der Waals surface area contributed by atoms with Crippen molar-refractivity contribution in [2.45, 2.75) is 58.2 Å². The van der Waals surface area contributed by atoms with Gasteiger partial charge in [-0.05, 0) is 31.0 Å². The molecule has 3 heteroatoms. The zero-order chi connectivity index (χ0) is 15.2. The molecular weight excluding hydrogens is 264 g/mol. The third kappa shape index (κ3) is 5.21. The fourth-order valence-corrected chi connectivity index (χ4v) is 2.79. The molecule has 1 rings (SSSR count). The Morgan fingerprint density at radius 3 is 2.25 bits per heavy atom. The number of rotatable bonds is 7. The minimum Gasteiger partial charge on any atom is -0.417 e. The first-order chi connectivity index (χ1) is 9.24. The Labute approximate surface area is 124 Å². The molecule has 0 atom stereocenters. The summed E-state index contributed by atoms with van der Waals surface area (Å²) in [5.41, 5.74) is 0.817. The van der Waals surface area contributed by atoms with Crippen LogP contribution in [0.25, 0.3) is 0 Å². The average molecular weight is 292 g/mol. The average Bonchev–Trinajstić information content (AvgIpc) is 2.37. The molecule has 1 aromatic rings. The molecule has 20 heavy (non-hydrogen) atoms. The van der Waals surface area contributed by atoms with Crippen molar-refractivity contribution < 1.29 is 9.22 Å². The number of ketones is 1. The lowest BCUT2D eigenvalue weighted by Crippen LogP contribution is -2.40. The van der Waals surface area contributed by atoms with Crippen LogP contribution in [0.2, 0.25) is 18.1 Å². The van der Waals surface area contributed by atoms with Gasteiger partial charge in [-0.3, -0.25) is 4.79 Å². The number of carbonyl (C=O) groups is 1. The second-order valence-electron chi connectivity index (χ2n) is 6.86. The Balaban J connectivity index is 2.25. The first-order valence-electron chi connectivity index (χ1n) is 7.46. The van der Waals surface area contributed by atoms with E-state index in [2.05, 4.69) is 33.9 Å². The molecule has 112 valence electrons. The molecule has 0 amide bonds. The molecule has 0 unspecified atom stereocenters. The number of benzene rings is 1. The third-order valence-corrected chi connectivity index (χ3v) is 8.70. The molecule has 0 bridgehead atoms. The van der Waals surface area contributed by atoms with E-state index in [0.717, 1.165) is 25.0 Å². The van der Waals surface area contributed by atoms with Crippen molar-refractivity contribution >= 4 is 14.1 Å². The quantitative estimate of drug-likeness (QED) is 0.399. The first-order valence-corrected chi connectivity index (χ1v) is 10.4. The molecule has 0 radical (unpaired) electrons. The van der Waals surface area contributed by atoms with Crippen LogP contribution >= 0.6 is 0 Å². The molecule has 0 aromatic heterocycles. The summed E-state index contributed by atoms with van der Waals surface area (Å²) in [6.07, 6.45) is 2.48. The third-order valence-electron chi connectivity index (χ3n) is 4.16. The van der Waals surface area contributed by atoms with Gasteiger partial charge in [-0.25, -0.2) is 0 Å². The topological polar surface area (TPSA) is 26.3 Å². The molecule has 0 saturated heterocycles. The van der Waals surface area contributed by atoms with Gasteiger partial charge in [0.05, 0.1) is 0 Å². The Hall–Kier alpha value is -0.933. The SMILES string of the molecule is CC(C)(C)[Si](C)(C)OCCCCC(=O)c1ccccc1. The van der Waals surface area contributed by atoms with Gasteiger partial charge in [0.1, 0.15) is 0 Å². The maximum absolute atomic E-state index is 11.9. The molecule has 0 spiro atoms. The number of Topliss-reactive ketones (excluding diaryl/α,β-unsaturated/α-hetero) is 1. The maximum atomic E-state index is 11.9. The summed E-state index contributed by atoms with van der Waals surface area (Å²) in [6.45, 7) is 12.1. The van der Waals surface area contributed by atoms with Gasteiger partial charge in [-0.1, -0.05) is 51.1 Å². The summed E-state index contributed by atoms with van der Waals surface area (Å²) in [6, 6.07) is 9.52. The van der Waals surface area contributed by atoms with Crippen LogP contribution in [0.5, 0.6) is 0 Å². The number of carbonyl (C=O) groups excluding carboxylic acids is 1. The van der Waals surface area contributed by atoms with Crippen molar-refractivity contribution in [2.75, 3.05) is 6.61 Å². The Morgan fingerprint density at radius 1 is 1.10 bits per heavy atom. The second kappa shape index (κ2) is 7.18. The van der Waals surface area contributed by atoms with E-state index in [1.54, 1.807) is 0 Å². The molecule has 0 saturated carbocycles. The highest BCUT2D eigenvalue weighted by Gasteiger charge is 2.36. The fourth-order valence-electron chi connectivity index (χ4n) is 1.70. The van der Waals surface area contributed by atoms with Gasteiger partial charge in [0, 0.05) is 18.6 Å². The van der Waals surface area contributed by atoms with Gasteiger partial charge in [0.2, 0.25) is 0 Å². The van der Waals surface area contributed by atoms with Crippen molar-refractivity contribution in [2.24, 2.45) is 0 Å². The van der Waals surface area contributed by atoms with Gasteiger partial charge in [-0.2, -0.15) is 0 Å². The predicted octanol–water partition coefficient (Wildman–Crippen LogP) is 5.06. The molecule has 0 aliphatic carbocycles. The fraction of sp³-hybridized carbons (Fsp3) is 0.588. The van der Waals surface area contributed by atoms with Crippen LogP contribution in [-0.2, 0) is 4.43 Å². The first kappa shape index (κ1) is 17.1. The Bertz CT molecular complexity index is 418. The van der Waals surface area contributed by atoms with E-state index < -0.39 is 8.32 Å². The normalized spacial score (nSPS) is 12.4. The van der Waals surface area contributed by atoms with E-state index in [1.165, 1.54) is 0 Å². The molecule has 0 N–H and O–H groups in total. The van der Waals surface area contributed by atoms with Crippen LogP contribution in [0.4, 0.5) is 0 Å². The van der Waals surface area contributed by atoms with Gasteiger partial charge in [-0.15, -0.1) is 0 Å². The van der Waals surface area contributed by atoms with E-state index in [0.29, 0.717) is 6.42 Å². The minimum atomic E-state index is -1.63. The van der Waals surface area contributed by atoms with E-state index in [1.807, 2.05) is 30.3 Å². The smallest absolute Gasteiger partial charge is 0.191 e. The van der Waals surface area contributed by atoms with Crippen molar-refractivity contribution in [3.63, 3.8) is 0 Å². The molecule has 1 aromatic carbocycles. The highest BCUT2D eigenvalue weighted by molar-refractivity contribution is 6.74. The number of hydrogen-bond acceptors (Lipinski definition) is 2. The zero-order valence-corrected chi connectivity index (χ0v) is 14.5. The van der Waals surface area contributed by atoms with Crippen LogP contribution in [0.15, 0.2) is 30.3 Å². The Morgan fingerprint density at radius 2 is 1.70 bits per heavy atom. The highest BCUT2D eigenvalue weighted by Crippen LogP contribution is 2.36. The van der Waals surface area contributed by atoms with Crippen LogP contribution in [0.1, 0.15) is 50.4 Å². The molecule has 0 aliphatic rings. The lowest BCUT2D eigenvalue weighted by atomic mass is 10.1. The van der Waals surface area contributed by atoms with Gasteiger partial charge < -0.3 is 4.43 Å². The molecule has 2 nitrogen and oxygen atoms in total. The zero-order valence-electron chi connectivity index (χ0n) is 13.5. The van der Waals surface area contributed by atoms with Crippen LogP contribution in [0.3, 0.4) is 0 Å². The van der Waals surface area contributed by atoms with E-state index in [9.17, 15) is 4.79 Å². The summed E-state index contributed by atoms with van der Waals surface area (Å²) >= 11 is 0. The van der Waals surface area contributed by atoms with Crippen LogP contribution in [0, 0.1) is 0 Å². The van der Waals surface area contributed by atoms with Crippen molar-refractivity contribution in [1.29, 1.82) is 0 Å². The standard InChI is InChI=1S/C17H28O2Si/c1-17(2,3)20(4,5)19-14-10-9-13-16(18)15-11-7-6-8-12-15/h6-8,11-12H,9-10,13-14H2,1-5H3. The number of hydrogen-bond donors (Lipinski definition) is 0. The summed E-state index contributed by atoms with van der Waals surface area (Å²) < 4.78 is 6.11. The minimum absolute atomic E-state index is 0.234. The van der Waals surface area contributed by atoms with Crippen LogP contribution < -0.4 is 0 Å². The lowest BCUT2D eigenvalue weighted by Gasteiger charge is -2.36. The highest BCUT2D eigenvalue weighted by atomic mass is 28.4. The Kier molecular flexibility index (Phi) is 6.15. The van der Waals surface area contributed by atoms with E-state index in [-0.39, 0.29) is 10.8 Å². The largest absolute Gasteiger partial charge is 0.417 e. The molecule has 0 aliphatic heterocycles. The summed E-state index contributed by atoms with van der Waals surface area (Å²) in [7, 11) is -1.63. The second-order valence-corrected chi connectivity index (χ2v) is 11.7. The van der Waals surface area contributed by atoms with E-state index in [4.69, 9.17) is 4.43 Å². The molecular formula is C17H28O2Si. The number of unbranched alkanes of at least 4 members (excludes halogenated alkanes) is 1. The van der Waals surface area contributed by atoms with Crippen LogP contribution in [-0.4, -0.2) is 20.7 Å². The van der Waals surface area contributed by atoms with Gasteiger partial charge in [0.15, 0.2) is 14.1 Å². The monoisotopic (exact) mass is 292 g/mol. The van der Waals surface area contributed by atoms with E-state index >= 15 is 0 Å². The van der Waals surface area contributed by atoms with Gasteiger partial charge >= 0.3 is 0 Å². The summed E-state index contributed by atoms with van der Waals surface area (Å²) in [4.78, 5) is 11.9.